The van der Waals surface area contributed by atoms with Crippen molar-refractivity contribution < 1.29 is 13.7 Å². The van der Waals surface area contributed by atoms with Gasteiger partial charge in [-0.2, -0.15) is 0 Å². The zero-order valence-corrected chi connectivity index (χ0v) is 9.41. The Balaban J connectivity index is 1.77. The largest absolute Gasteiger partial charge is 0.364 e. The summed E-state index contributed by atoms with van der Waals surface area (Å²) >= 11 is 0. The van der Waals surface area contributed by atoms with Crippen LogP contribution in [0.25, 0.3) is 11.4 Å². The predicted octanol–water partition coefficient (Wildman–Crippen LogP) is 1.53. The molecule has 92 valence electrons. The van der Waals surface area contributed by atoms with Crippen LogP contribution in [0.5, 0.6) is 0 Å². The van der Waals surface area contributed by atoms with Crippen molar-refractivity contribution in [1.82, 2.24) is 15.0 Å². The van der Waals surface area contributed by atoms with Crippen molar-refractivity contribution >= 4 is 5.91 Å². The molecule has 0 N–H and O–H groups in total. The number of rotatable bonds is 2. The number of halogens is 1. The molecule has 1 fully saturated rings. The number of amides is 1. The van der Waals surface area contributed by atoms with Crippen LogP contribution in [-0.2, 0) is 0 Å². The van der Waals surface area contributed by atoms with E-state index in [1.165, 1.54) is 17.4 Å². The molecule has 1 saturated heterocycles. The lowest BCUT2D eigenvalue weighted by atomic mass is 10.1. The van der Waals surface area contributed by atoms with E-state index in [1.807, 2.05) is 0 Å². The minimum absolute atomic E-state index is 0.171. The highest BCUT2D eigenvalue weighted by molar-refractivity contribution is 5.94. The average Bonchev–Trinajstić information content (AvgIpc) is 2.88. The molecule has 0 saturated carbocycles. The molecule has 0 aliphatic carbocycles. The molecule has 0 spiro atoms. The van der Waals surface area contributed by atoms with E-state index in [4.69, 9.17) is 4.52 Å². The quantitative estimate of drug-likeness (QED) is 0.807. The maximum Gasteiger partial charge on any atom is 0.255 e. The third-order valence-corrected chi connectivity index (χ3v) is 2.83. The van der Waals surface area contributed by atoms with E-state index in [0.717, 1.165) is 0 Å². The number of hydrogen-bond donors (Lipinski definition) is 0. The molecule has 6 heteroatoms. The Bertz CT molecular complexity index is 547. The summed E-state index contributed by atoms with van der Waals surface area (Å²) in [5.74, 6) is -0.192. The zero-order chi connectivity index (χ0) is 12.5. The molecular weight excluding hydrogens is 237 g/mol. The van der Waals surface area contributed by atoms with Crippen molar-refractivity contribution in [2.45, 2.75) is 6.17 Å². The van der Waals surface area contributed by atoms with E-state index in [1.54, 1.807) is 18.2 Å². The molecule has 18 heavy (non-hydrogen) atoms. The smallest absolute Gasteiger partial charge is 0.255 e. The molecular formula is C12H10FN3O2. The lowest BCUT2D eigenvalue weighted by Gasteiger charge is -2.34. The van der Waals surface area contributed by atoms with Crippen LogP contribution in [0, 0.1) is 0 Å². The number of hydrogen-bond acceptors (Lipinski definition) is 4. The number of aromatic nitrogens is 2. The summed E-state index contributed by atoms with van der Waals surface area (Å²) in [7, 11) is 0. The molecule has 3 heterocycles. The maximum absolute atomic E-state index is 12.7. The van der Waals surface area contributed by atoms with E-state index >= 15 is 0 Å². The summed E-state index contributed by atoms with van der Waals surface area (Å²) in [6.45, 7) is 0.341. The second-order valence-electron chi connectivity index (χ2n) is 4.12. The molecule has 1 amide bonds. The molecule has 3 rings (SSSR count). The average molecular weight is 247 g/mol. The molecule has 0 radical (unpaired) electrons. The van der Waals surface area contributed by atoms with Gasteiger partial charge in [0.15, 0.2) is 0 Å². The van der Waals surface area contributed by atoms with Gasteiger partial charge in [0.2, 0.25) is 0 Å². The summed E-state index contributed by atoms with van der Waals surface area (Å²) in [6, 6.07) is 5.04. The van der Waals surface area contributed by atoms with Crippen LogP contribution >= 0.6 is 0 Å². The Morgan fingerprint density at radius 2 is 2.17 bits per heavy atom. The van der Waals surface area contributed by atoms with Crippen LogP contribution in [0.3, 0.4) is 0 Å². The van der Waals surface area contributed by atoms with Gasteiger partial charge in [-0.25, -0.2) is 4.39 Å². The van der Waals surface area contributed by atoms with E-state index in [2.05, 4.69) is 10.1 Å². The Kier molecular flexibility index (Phi) is 2.55. The van der Waals surface area contributed by atoms with Crippen LogP contribution in [0.2, 0.25) is 0 Å². The second kappa shape index (κ2) is 4.21. The molecule has 0 bridgehead atoms. The molecule has 0 atom stereocenters. The fourth-order valence-electron chi connectivity index (χ4n) is 1.79. The summed E-state index contributed by atoms with van der Waals surface area (Å²) in [5, 5.41) is 3.75. The third-order valence-electron chi connectivity index (χ3n) is 2.83. The summed E-state index contributed by atoms with van der Waals surface area (Å²) in [5.41, 5.74) is 1.70. The molecule has 2 aromatic rings. The normalized spacial score (nSPS) is 15.5. The van der Waals surface area contributed by atoms with Gasteiger partial charge in [-0.3, -0.25) is 9.78 Å². The lowest BCUT2D eigenvalue weighted by Crippen LogP contribution is -2.51. The van der Waals surface area contributed by atoms with Crippen molar-refractivity contribution in [2.24, 2.45) is 0 Å². The van der Waals surface area contributed by atoms with Crippen LogP contribution in [0.4, 0.5) is 4.39 Å². The van der Waals surface area contributed by atoms with Gasteiger partial charge in [0, 0.05) is 12.3 Å². The van der Waals surface area contributed by atoms with Gasteiger partial charge in [-0.15, -0.1) is 0 Å². The fraction of sp³-hybridized carbons (Fsp3) is 0.250. The van der Waals surface area contributed by atoms with Crippen LogP contribution in [-0.4, -0.2) is 40.2 Å². The Morgan fingerprint density at radius 1 is 1.33 bits per heavy atom. The van der Waals surface area contributed by atoms with Gasteiger partial charge in [0.1, 0.15) is 18.1 Å². The van der Waals surface area contributed by atoms with E-state index in [-0.39, 0.29) is 19.0 Å². The summed E-state index contributed by atoms with van der Waals surface area (Å²) in [6.07, 6.45) is 2.03. The minimum Gasteiger partial charge on any atom is -0.364 e. The van der Waals surface area contributed by atoms with Gasteiger partial charge in [-0.05, 0) is 12.1 Å². The van der Waals surface area contributed by atoms with Gasteiger partial charge in [0.05, 0.1) is 24.3 Å². The molecule has 2 aromatic heterocycles. The van der Waals surface area contributed by atoms with Crippen LogP contribution in [0.15, 0.2) is 35.2 Å². The first-order valence-electron chi connectivity index (χ1n) is 5.54. The van der Waals surface area contributed by atoms with Crippen molar-refractivity contribution in [1.29, 1.82) is 0 Å². The van der Waals surface area contributed by atoms with Crippen molar-refractivity contribution in [3.8, 4) is 11.4 Å². The third kappa shape index (κ3) is 1.85. The number of nitrogens with zero attached hydrogens (tertiary/aromatic N) is 3. The maximum atomic E-state index is 12.7. The topological polar surface area (TPSA) is 59.2 Å². The van der Waals surface area contributed by atoms with Crippen molar-refractivity contribution in [3.05, 3.63) is 36.2 Å². The zero-order valence-electron chi connectivity index (χ0n) is 9.41. The fourth-order valence-corrected chi connectivity index (χ4v) is 1.79. The van der Waals surface area contributed by atoms with E-state index in [9.17, 15) is 9.18 Å². The number of pyridine rings is 1. The second-order valence-corrected chi connectivity index (χ2v) is 4.12. The van der Waals surface area contributed by atoms with Gasteiger partial charge >= 0.3 is 0 Å². The Hall–Kier alpha value is -2.24. The highest BCUT2D eigenvalue weighted by Gasteiger charge is 2.30. The lowest BCUT2D eigenvalue weighted by molar-refractivity contribution is 0.0400. The van der Waals surface area contributed by atoms with E-state index in [0.29, 0.717) is 17.0 Å². The summed E-state index contributed by atoms with van der Waals surface area (Å²) < 4.78 is 17.4. The molecule has 5 nitrogen and oxygen atoms in total. The first-order chi connectivity index (χ1) is 8.74. The Morgan fingerprint density at radius 3 is 2.72 bits per heavy atom. The molecule has 1 aliphatic heterocycles. The highest BCUT2D eigenvalue weighted by atomic mass is 19.1. The van der Waals surface area contributed by atoms with Crippen molar-refractivity contribution in [3.63, 3.8) is 0 Å². The van der Waals surface area contributed by atoms with Crippen LogP contribution < -0.4 is 0 Å². The van der Waals surface area contributed by atoms with Crippen LogP contribution in [0.1, 0.15) is 10.4 Å². The summed E-state index contributed by atoms with van der Waals surface area (Å²) in [4.78, 5) is 17.4. The number of alkyl halides is 1. The first-order valence-corrected chi connectivity index (χ1v) is 5.54. The molecule has 1 aliphatic rings. The van der Waals surface area contributed by atoms with Crippen molar-refractivity contribution in [2.75, 3.05) is 13.1 Å². The van der Waals surface area contributed by atoms with Gasteiger partial charge in [-0.1, -0.05) is 5.16 Å². The number of likely N-dealkylation sites (tertiary alicyclic amines) is 1. The standard InChI is InChI=1S/C12H10FN3O2/c13-9-6-16(7-9)12(17)8-1-2-10(14-5-8)11-3-4-18-15-11/h1-5,9H,6-7H2. The number of carbonyl (C=O) groups is 1. The highest BCUT2D eigenvalue weighted by Crippen LogP contribution is 2.18. The molecule has 0 unspecified atom stereocenters. The van der Waals surface area contributed by atoms with Gasteiger partial charge < -0.3 is 9.42 Å². The Labute approximate surface area is 102 Å². The monoisotopic (exact) mass is 247 g/mol. The minimum atomic E-state index is -0.892. The van der Waals surface area contributed by atoms with E-state index < -0.39 is 6.17 Å². The predicted molar refractivity (Wildman–Crippen MR) is 60.5 cm³/mol. The first kappa shape index (κ1) is 10.9. The SMILES string of the molecule is O=C(c1ccc(-c2ccon2)nc1)N1CC(F)C1. The molecule has 0 aromatic carbocycles. The van der Waals surface area contributed by atoms with Gasteiger partial charge in [0.25, 0.3) is 5.91 Å². The number of carbonyl (C=O) groups excluding carboxylic acids is 1.